The van der Waals surface area contributed by atoms with Gasteiger partial charge in [0.25, 0.3) is 0 Å². The number of aromatic nitrogens is 1. The number of pyridine rings is 1. The third-order valence-electron chi connectivity index (χ3n) is 3.21. The van der Waals surface area contributed by atoms with E-state index in [0.717, 1.165) is 12.4 Å². The standard InChI is InChI=1S/C15H25N3S/c1-4-5-6-10-15(2,3)11-17-13-9-7-8-12(18-13)14(16)19/h7-9H,4-6,10-11H2,1-3H3,(H2,16,19)(H,17,18). The summed E-state index contributed by atoms with van der Waals surface area (Å²) in [5.41, 5.74) is 6.53. The summed E-state index contributed by atoms with van der Waals surface area (Å²) in [6, 6.07) is 5.71. The second-order valence-electron chi connectivity index (χ2n) is 5.75. The van der Waals surface area contributed by atoms with Crippen LogP contribution in [0.25, 0.3) is 0 Å². The summed E-state index contributed by atoms with van der Waals surface area (Å²) in [5.74, 6) is 0.842. The van der Waals surface area contributed by atoms with Crippen LogP contribution in [0.15, 0.2) is 18.2 Å². The molecule has 106 valence electrons. The summed E-state index contributed by atoms with van der Waals surface area (Å²) in [5, 5.41) is 3.38. The lowest BCUT2D eigenvalue weighted by Gasteiger charge is -2.25. The van der Waals surface area contributed by atoms with Crippen LogP contribution in [0, 0.1) is 5.41 Å². The van der Waals surface area contributed by atoms with Gasteiger partial charge in [0, 0.05) is 6.54 Å². The molecule has 0 fully saturated rings. The van der Waals surface area contributed by atoms with Gasteiger partial charge in [-0.2, -0.15) is 0 Å². The topological polar surface area (TPSA) is 50.9 Å². The van der Waals surface area contributed by atoms with Crippen molar-refractivity contribution in [1.29, 1.82) is 0 Å². The molecule has 4 heteroatoms. The second-order valence-corrected chi connectivity index (χ2v) is 6.19. The van der Waals surface area contributed by atoms with Gasteiger partial charge in [-0.1, -0.05) is 58.3 Å². The fourth-order valence-electron chi connectivity index (χ4n) is 1.94. The Kier molecular flexibility index (Phi) is 6.22. The quantitative estimate of drug-likeness (QED) is 0.562. The van der Waals surface area contributed by atoms with Crippen LogP contribution >= 0.6 is 12.2 Å². The molecule has 1 aromatic rings. The Morgan fingerprint density at radius 1 is 1.37 bits per heavy atom. The molecule has 0 atom stereocenters. The third kappa shape index (κ3) is 6.01. The van der Waals surface area contributed by atoms with Gasteiger partial charge in [0.2, 0.25) is 0 Å². The molecule has 0 spiro atoms. The Morgan fingerprint density at radius 3 is 2.74 bits per heavy atom. The molecule has 0 aliphatic heterocycles. The summed E-state index contributed by atoms with van der Waals surface area (Å²) in [7, 11) is 0. The highest BCUT2D eigenvalue weighted by atomic mass is 32.1. The van der Waals surface area contributed by atoms with Crippen molar-refractivity contribution in [3.05, 3.63) is 23.9 Å². The number of nitrogens with two attached hydrogens (primary N) is 1. The first-order chi connectivity index (χ1) is 8.94. The highest BCUT2D eigenvalue weighted by Gasteiger charge is 2.17. The van der Waals surface area contributed by atoms with Crippen LogP contribution in [0.3, 0.4) is 0 Å². The van der Waals surface area contributed by atoms with Gasteiger partial charge in [-0.15, -0.1) is 0 Å². The van der Waals surface area contributed by atoms with Crippen LogP contribution in [0.1, 0.15) is 52.1 Å². The minimum Gasteiger partial charge on any atom is -0.388 e. The largest absolute Gasteiger partial charge is 0.388 e. The SMILES string of the molecule is CCCCCC(C)(C)CNc1cccc(C(N)=S)n1. The summed E-state index contributed by atoms with van der Waals surface area (Å²) in [6.45, 7) is 7.71. The first kappa shape index (κ1) is 15.9. The van der Waals surface area contributed by atoms with Gasteiger partial charge in [0.15, 0.2) is 0 Å². The lowest BCUT2D eigenvalue weighted by molar-refractivity contribution is 0.342. The Hall–Kier alpha value is -1.16. The fourth-order valence-corrected chi connectivity index (χ4v) is 2.06. The molecule has 0 unspecified atom stereocenters. The van der Waals surface area contributed by atoms with Crippen molar-refractivity contribution in [2.45, 2.75) is 46.5 Å². The molecule has 1 heterocycles. The van der Waals surface area contributed by atoms with Gasteiger partial charge in [0.1, 0.15) is 10.8 Å². The van der Waals surface area contributed by atoms with Gasteiger partial charge in [-0.3, -0.25) is 0 Å². The van der Waals surface area contributed by atoms with Crippen molar-refractivity contribution in [2.75, 3.05) is 11.9 Å². The summed E-state index contributed by atoms with van der Waals surface area (Å²) >= 11 is 4.94. The molecular formula is C15H25N3S. The van der Waals surface area contributed by atoms with E-state index in [-0.39, 0.29) is 5.41 Å². The molecule has 3 nitrogen and oxygen atoms in total. The zero-order valence-electron chi connectivity index (χ0n) is 12.2. The zero-order chi connectivity index (χ0) is 14.3. The maximum atomic E-state index is 5.59. The monoisotopic (exact) mass is 279 g/mol. The molecule has 3 N–H and O–H groups in total. The van der Waals surface area contributed by atoms with E-state index < -0.39 is 0 Å². The molecule has 1 aromatic heterocycles. The number of anilines is 1. The average molecular weight is 279 g/mol. The number of rotatable bonds is 8. The second kappa shape index (κ2) is 7.43. The van der Waals surface area contributed by atoms with Crippen LogP contribution in [0.4, 0.5) is 5.82 Å². The van der Waals surface area contributed by atoms with Gasteiger partial charge in [-0.25, -0.2) is 4.98 Å². The van der Waals surface area contributed by atoms with E-state index in [9.17, 15) is 0 Å². The van der Waals surface area contributed by atoms with E-state index in [1.165, 1.54) is 25.7 Å². The molecule has 0 radical (unpaired) electrons. The van der Waals surface area contributed by atoms with Crippen LogP contribution in [-0.2, 0) is 0 Å². The zero-order valence-corrected chi connectivity index (χ0v) is 13.0. The third-order valence-corrected chi connectivity index (χ3v) is 3.42. The van der Waals surface area contributed by atoms with Gasteiger partial charge in [0.05, 0.1) is 5.69 Å². The number of hydrogen-bond acceptors (Lipinski definition) is 3. The van der Waals surface area contributed by atoms with E-state index in [1.54, 1.807) is 0 Å². The van der Waals surface area contributed by atoms with E-state index in [4.69, 9.17) is 18.0 Å². The van der Waals surface area contributed by atoms with Crippen molar-refractivity contribution >= 4 is 23.0 Å². The molecule has 1 rings (SSSR count). The lowest BCUT2D eigenvalue weighted by Crippen LogP contribution is -2.24. The normalized spacial score (nSPS) is 11.3. The van der Waals surface area contributed by atoms with Crippen molar-refractivity contribution in [1.82, 2.24) is 4.98 Å². The first-order valence-corrected chi connectivity index (χ1v) is 7.36. The molecule has 0 bridgehead atoms. The van der Waals surface area contributed by atoms with Crippen molar-refractivity contribution < 1.29 is 0 Å². The van der Waals surface area contributed by atoms with Gasteiger partial charge in [-0.05, 0) is 24.0 Å². The molecule has 19 heavy (non-hydrogen) atoms. The number of hydrogen-bond donors (Lipinski definition) is 2. The first-order valence-electron chi connectivity index (χ1n) is 6.95. The minimum atomic E-state index is 0.274. The molecule has 0 aromatic carbocycles. The van der Waals surface area contributed by atoms with Crippen molar-refractivity contribution in [2.24, 2.45) is 11.1 Å². The molecule has 0 saturated carbocycles. The smallest absolute Gasteiger partial charge is 0.126 e. The van der Waals surface area contributed by atoms with Gasteiger partial charge >= 0.3 is 0 Å². The minimum absolute atomic E-state index is 0.274. The molecule has 0 aliphatic carbocycles. The van der Waals surface area contributed by atoms with E-state index in [2.05, 4.69) is 31.1 Å². The molecule has 0 saturated heterocycles. The van der Waals surface area contributed by atoms with Crippen molar-refractivity contribution in [3.8, 4) is 0 Å². The van der Waals surface area contributed by atoms with Crippen molar-refractivity contribution in [3.63, 3.8) is 0 Å². The van der Waals surface area contributed by atoms with Crippen LogP contribution < -0.4 is 11.1 Å². The maximum Gasteiger partial charge on any atom is 0.126 e. The molecule has 0 aliphatic rings. The number of nitrogens with zero attached hydrogens (tertiary/aromatic N) is 1. The van der Waals surface area contributed by atoms with Crippen LogP contribution in [0.2, 0.25) is 0 Å². The van der Waals surface area contributed by atoms with E-state index >= 15 is 0 Å². The number of nitrogens with one attached hydrogen (secondary N) is 1. The van der Waals surface area contributed by atoms with Crippen LogP contribution in [0.5, 0.6) is 0 Å². The summed E-state index contributed by atoms with van der Waals surface area (Å²) < 4.78 is 0. The predicted octanol–water partition coefficient (Wildman–Crippen LogP) is 3.73. The average Bonchev–Trinajstić information content (AvgIpc) is 2.37. The Bertz CT molecular complexity index is 416. The highest BCUT2D eigenvalue weighted by Crippen LogP contribution is 2.24. The summed E-state index contributed by atoms with van der Waals surface area (Å²) in [4.78, 5) is 4.73. The Morgan fingerprint density at radius 2 is 2.11 bits per heavy atom. The van der Waals surface area contributed by atoms with Gasteiger partial charge < -0.3 is 11.1 Å². The lowest BCUT2D eigenvalue weighted by atomic mass is 9.87. The highest BCUT2D eigenvalue weighted by molar-refractivity contribution is 7.80. The van der Waals surface area contributed by atoms with Crippen LogP contribution in [-0.4, -0.2) is 16.5 Å². The maximum absolute atomic E-state index is 5.59. The Balaban J connectivity index is 2.51. The summed E-state index contributed by atoms with van der Waals surface area (Å²) in [6.07, 6.45) is 5.08. The predicted molar refractivity (Wildman–Crippen MR) is 86.5 cm³/mol. The number of unbranched alkanes of at least 4 members (excludes halogenated alkanes) is 2. The molecule has 0 amide bonds. The fraction of sp³-hybridized carbons (Fsp3) is 0.600. The Labute approximate surface area is 122 Å². The number of thiocarbonyl (C=S) groups is 1. The molecular weight excluding hydrogens is 254 g/mol. The van der Waals surface area contributed by atoms with E-state index in [1.807, 2.05) is 18.2 Å². The van der Waals surface area contributed by atoms with E-state index in [0.29, 0.717) is 10.7 Å².